The summed E-state index contributed by atoms with van der Waals surface area (Å²) < 4.78 is 0. The fourth-order valence-electron chi connectivity index (χ4n) is 0.926. The van der Waals surface area contributed by atoms with E-state index in [1.54, 1.807) is 0 Å². The van der Waals surface area contributed by atoms with Crippen molar-refractivity contribution in [1.82, 2.24) is 0 Å². The summed E-state index contributed by atoms with van der Waals surface area (Å²) in [6.07, 6.45) is 0. The minimum atomic E-state index is 1.11. The molecule has 1 N–H and O–H groups in total. The van der Waals surface area contributed by atoms with Crippen molar-refractivity contribution in [3.63, 3.8) is 0 Å². The highest BCUT2D eigenvalue weighted by atomic mass is 14.8. The Morgan fingerprint density at radius 1 is 1.30 bits per heavy atom. The SMILES string of the molecule is [CH2]Nc1cc(C)ccc1C. The maximum Gasteiger partial charge on any atom is 0.0373 e. The van der Waals surface area contributed by atoms with E-state index >= 15 is 0 Å². The van der Waals surface area contributed by atoms with E-state index in [1.807, 2.05) is 0 Å². The van der Waals surface area contributed by atoms with Crippen LogP contribution in [0.4, 0.5) is 5.69 Å². The van der Waals surface area contributed by atoms with Gasteiger partial charge in [0.05, 0.1) is 0 Å². The van der Waals surface area contributed by atoms with Gasteiger partial charge >= 0.3 is 0 Å². The third-order valence-electron chi connectivity index (χ3n) is 1.58. The first-order chi connectivity index (χ1) is 4.74. The van der Waals surface area contributed by atoms with Crippen LogP contribution >= 0.6 is 0 Å². The van der Waals surface area contributed by atoms with Crippen LogP contribution in [-0.4, -0.2) is 0 Å². The molecule has 0 unspecified atom stereocenters. The smallest absolute Gasteiger partial charge is 0.0373 e. The number of aryl methyl sites for hydroxylation is 2. The predicted octanol–water partition coefficient (Wildman–Crippen LogP) is 2.51. The third-order valence-corrected chi connectivity index (χ3v) is 1.58. The number of rotatable bonds is 1. The summed E-state index contributed by atoms with van der Waals surface area (Å²) >= 11 is 0. The topological polar surface area (TPSA) is 12.0 Å². The Balaban J connectivity index is 3.09. The molecule has 1 aromatic rings. The zero-order valence-electron chi connectivity index (χ0n) is 6.44. The Kier molecular flexibility index (Phi) is 1.95. The van der Waals surface area contributed by atoms with Gasteiger partial charge < -0.3 is 5.32 Å². The van der Waals surface area contributed by atoms with Crippen LogP contribution in [0.1, 0.15) is 11.1 Å². The Morgan fingerprint density at radius 3 is 2.50 bits per heavy atom. The highest BCUT2D eigenvalue weighted by Crippen LogP contribution is 2.14. The molecule has 1 rings (SSSR count). The van der Waals surface area contributed by atoms with Crippen LogP contribution < -0.4 is 5.32 Å². The van der Waals surface area contributed by atoms with Crippen molar-refractivity contribution in [3.05, 3.63) is 36.4 Å². The predicted molar refractivity (Wildman–Crippen MR) is 44.9 cm³/mol. The van der Waals surface area contributed by atoms with E-state index < -0.39 is 0 Å². The molecule has 0 atom stereocenters. The Bertz CT molecular complexity index is 228. The summed E-state index contributed by atoms with van der Waals surface area (Å²) in [6.45, 7) is 4.13. The number of hydrogen-bond acceptors (Lipinski definition) is 1. The fraction of sp³-hybridized carbons (Fsp3) is 0.222. The van der Waals surface area contributed by atoms with Crippen molar-refractivity contribution in [2.75, 3.05) is 5.32 Å². The molecule has 10 heavy (non-hydrogen) atoms. The first-order valence-corrected chi connectivity index (χ1v) is 3.34. The number of hydrogen-bond donors (Lipinski definition) is 1. The Hall–Kier alpha value is -0.980. The second-order valence-electron chi connectivity index (χ2n) is 2.50. The summed E-state index contributed by atoms with van der Waals surface area (Å²) in [4.78, 5) is 0. The second-order valence-corrected chi connectivity index (χ2v) is 2.50. The summed E-state index contributed by atoms with van der Waals surface area (Å²) in [6, 6.07) is 6.27. The van der Waals surface area contributed by atoms with E-state index in [0.717, 1.165) is 5.69 Å². The molecule has 0 aromatic heterocycles. The molecule has 0 saturated carbocycles. The quantitative estimate of drug-likeness (QED) is 0.622. The molecule has 0 bridgehead atoms. The van der Waals surface area contributed by atoms with Gasteiger partial charge in [-0.25, -0.2) is 0 Å². The van der Waals surface area contributed by atoms with Crippen LogP contribution in [0.15, 0.2) is 18.2 Å². The van der Waals surface area contributed by atoms with E-state index in [9.17, 15) is 0 Å². The molecule has 53 valence electrons. The van der Waals surface area contributed by atoms with Crippen LogP contribution in [0.5, 0.6) is 0 Å². The van der Waals surface area contributed by atoms with Crippen LogP contribution in [-0.2, 0) is 0 Å². The lowest BCUT2D eigenvalue weighted by molar-refractivity contribution is 1.38. The lowest BCUT2D eigenvalue weighted by Gasteiger charge is -2.04. The molecule has 0 fully saturated rings. The molecule has 0 aliphatic rings. The van der Waals surface area contributed by atoms with Crippen LogP contribution in [0.3, 0.4) is 0 Å². The zero-order valence-corrected chi connectivity index (χ0v) is 6.44. The van der Waals surface area contributed by atoms with Crippen LogP contribution in [0.2, 0.25) is 0 Å². The molecule has 0 saturated heterocycles. The molecule has 1 heteroatoms. The molecular formula is C9H12N. The van der Waals surface area contributed by atoms with Crippen molar-refractivity contribution in [2.24, 2.45) is 0 Å². The monoisotopic (exact) mass is 134 g/mol. The van der Waals surface area contributed by atoms with Crippen molar-refractivity contribution >= 4 is 5.69 Å². The van der Waals surface area contributed by atoms with Crippen LogP contribution in [0, 0.1) is 20.9 Å². The van der Waals surface area contributed by atoms with Crippen LogP contribution in [0.25, 0.3) is 0 Å². The van der Waals surface area contributed by atoms with E-state index in [2.05, 4.69) is 44.4 Å². The first kappa shape index (κ1) is 7.13. The Labute approximate surface area is 62.1 Å². The molecule has 0 spiro atoms. The van der Waals surface area contributed by atoms with Crippen molar-refractivity contribution in [3.8, 4) is 0 Å². The lowest BCUT2D eigenvalue weighted by atomic mass is 10.1. The average molecular weight is 134 g/mol. The van der Waals surface area contributed by atoms with Gasteiger partial charge in [-0.15, -0.1) is 0 Å². The fourth-order valence-corrected chi connectivity index (χ4v) is 0.926. The molecule has 0 aliphatic carbocycles. The van der Waals surface area contributed by atoms with Gasteiger partial charge in [-0.2, -0.15) is 0 Å². The largest absolute Gasteiger partial charge is 0.383 e. The molecule has 1 radical (unpaired) electrons. The van der Waals surface area contributed by atoms with Crippen molar-refractivity contribution in [1.29, 1.82) is 0 Å². The van der Waals surface area contributed by atoms with E-state index in [4.69, 9.17) is 0 Å². The zero-order chi connectivity index (χ0) is 7.56. The molecule has 1 aromatic carbocycles. The minimum absolute atomic E-state index is 1.11. The van der Waals surface area contributed by atoms with Gasteiger partial charge in [-0.1, -0.05) is 12.1 Å². The van der Waals surface area contributed by atoms with Gasteiger partial charge in [0.15, 0.2) is 0 Å². The normalized spacial score (nSPS) is 9.50. The van der Waals surface area contributed by atoms with Gasteiger partial charge in [0.25, 0.3) is 0 Å². The number of benzene rings is 1. The summed E-state index contributed by atoms with van der Waals surface area (Å²) in [7, 11) is 3.61. The molecule has 0 amide bonds. The number of nitrogens with one attached hydrogen (secondary N) is 1. The summed E-state index contributed by atoms with van der Waals surface area (Å²) in [5.74, 6) is 0. The molecule has 0 aliphatic heterocycles. The maximum atomic E-state index is 3.61. The molecular weight excluding hydrogens is 122 g/mol. The highest BCUT2D eigenvalue weighted by molar-refractivity contribution is 5.52. The highest BCUT2D eigenvalue weighted by Gasteiger charge is 1.92. The van der Waals surface area contributed by atoms with Gasteiger partial charge in [-0.05, 0) is 31.0 Å². The Morgan fingerprint density at radius 2 is 2.00 bits per heavy atom. The first-order valence-electron chi connectivity index (χ1n) is 3.34. The van der Waals surface area contributed by atoms with Crippen molar-refractivity contribution < 1.29 is 0 Å². The van der Waals surface area contributed by atoms with Gasteiger partial charge in [0.1, 0.15) is 0 Å². The summed E-state index contributed by atoms with van der Waals surface area (Å²) in [5.41, 5.74) is 3.61. The van der Waals surface area contributed by atoms with Crippen molar-refractivity contribution in [2.45, 2.75) is 13.8 Å². The maximum absolute atomic E-state index is 3.61. The summed E-state index contributed by atoms with van der Waals surface area (Å²) in [5, 5.41) is 2.89. The second kappa shape index (κ2) is 2.74. The van der Waals surface area contributed by atoms with Gasteiger partial charge in [0.2, 0.25) is 0 Å². The lowest BCUT2D eigenvalue weighted by Crippen LogP contribution is -1.88. The third kappa shape index (κ3) is 1.29. The molecule has 0 heterocycles. The minimum Gasteiger partial charge on any atom is -0.383 e. The van der Waals surface area contributed by atoms with Gasteiger partial charge in [-0.3, -0.25) is 0 Å². The van der Waals surface area contributed by atoms with Gasteiger partial charge in [0, 0.05) is 12.7 Å². The van der Waals surface area contributed by atoms with E-state index in [1.165, 1.54) is 11.1 Å². The van der Waals surface area contributed by atoms with E-state index in [-0.39, 0.29) is 0 Å². The number of anilines is 1. The molecule has 1 nitrogen and oxygen atoms in total. The van der Waals surface area contributed by atoms with E-state index in [0.29, 0.717) is 0 Å². The standard InChI is InChI=1S/C9H12N/c1-7-4-5-8(2)9(6-7)10-3/h4-6,10H,3H2,1-2H3. The average Bonchev–Trinajstić information content (AvgIpc) is 1.94.